The van der Waals surface area contributed by atoms with Crippen LogP contribution in [0.2, 0.25) is 5.02 Å². The summed E-state index contributed by atoms with van der Waals surface area (Å²) in [6.45, 7) is 4.13. The van der Waals surface area contributed by atoms with E-state index >= 15 is 0 Å². The maximum Gasteiger partial charge on any atom is 0.269 e. The zero-order valence-corrected chi connectivity index (χ0v) is 18.3. The van der Waals surface area contributed by atoms with Crippen molar-refractivity contribution in [1.82, 2.24) is 14.8 Å². The molecule has 8 nitrogen and oxygen atoms in total. The van der Waals surface area contributed by atoms with Crippen molar-refractivity contribution in [2.24, 2.45) is 5.41 Å². The van der Waals surface area contributed by atoms with Gasteiger partial charge in [-0.3, -0.25) is 14.9 Å². The van der Waals surface area contributed by atoms with E-state index in [1.807, 2.05) is 12.1 Å². The lowest BCUT2D eigenvalue weighted by Crippen LogP contribution is -2.36. The Labute approximate surface area is 189 Å². The maximum atomic E-state index is 13.2. The summed E-state index contributed by atoms with van der Waals surface area (Å²) < 4.78 is 1.69. The van der Waals surface area contributed by atoms with Crippen molar-refractivity contribution < 1.29 is 9.72 Å². The Kier molecular flexibility index (Phi) is 4.63. The number of ketones is 1. The van der Waals surface area contributed by atoms with Crippen LogP contribution in [0.25, 0.3) is 11.4 Å². The molecule has 2 heterocycles. The van der Waals surface area contributed by atoms with Crippen molar-refractivity contribution in [2.75, 3.05) is 5.32 Å². The first kappa shape index (κ1) is 20.4. The van der Waals surface area contributed by atoms with E-state index in [0.29, 0.717) is 35.2 Å². The smallest absolute Gasteiger partial charge is 0.269 e. The van der Waals surface area contributed by atoms with Crippen LogP contribution in [0.3, 0.4) is 0 Å². The van der Waals surface area contributed by atoms with Crippen LogP contribution < -0.4 is 5.32 Å². The largest absolute Gasteiger partial charge is 0.328 e. The van der Waals surface area contributed by atoms with Gasteiger partial charge in [-0.15, -0.1) is 5.10 Å². The highest BCUT2D eigenvalue weighted by atomic mass is 35.5. The molecule has 0 saturated heterocycles. The van der Waals surface area contributed by atoms with E-state index in [2.05, 4.69) is 24.1 Å². The van der Waals surface area contributed by atoms with Crippen molar-refractivity contribution in [3.8, 4) is 11.4 Å². The predicted octanol–water partition coefficient (Wildman–Crippen LogP) is 5.16. The number of halogens is 1. The summed E-state index contributed by atoms with van der Waals surface area (Å²) in [7, 11) is 0. The number of anilines is 1. The Balaban J connectivity index is 1.66. The van der Waals surface area contributed by atoms with Crippen LogP contribution in [0.15, 0.2) is 59.8 Å². The van der Waals surface area contributed by atoms with Gasteiger partial charge >= 0.3 is 0 Å². The number of nitro benzene ring substituents is 1. The Morgan fingerprint density at radius 3 is 2.47 bits per heavy atom. The van der Waals surface area contributed by atoms with Crippen molar-refractivity contribution in [3.05, 3.63) is 80.5 Å². The molecule has 1 unspecified atom stereocenters. The number of hydrogen-bond donors (Lipinski definition) is 1. The maximum absolute atomic E-state index is 13.2. The molecule has 0 bridgehead atoms. The third-order valence-corrected chi connectivity index (χ3v) is 6.11. The molecule has 2 aliphatic rings. The molecule has 0 spiro atoms. The molecular formula is C23H20ClN5O3. The number of carbonyl (C=O) groups is 1. The van der Waals surface area contributed by atoms with E-state index in [1.165, 1.54) is 12.1 Å². The first-order valence-corrected chi connectivity index (χ1v) is 10.6. The van der Waals surface area contributed by atoms with Gasteiger partial charge in [0.15, 0.2) is 11.6 Å². The van der Waals surface area contributed by atoms with Gasteiger partial charge in [0, 0.05) is 40.4 Å². The highest BCUT2D eigenvalue weighted by Gasteiger charge is 2.42. The normalized spacial score (nSPS) is 19.2. The number of aromatic nitrogens is 3. The van der Waals surface area contributed by atoms with E-state index in [4.69, 9.17) is 16.7 Å². The summed E-state index contributed by atoms with van der Waals surface area (Å²) in [5, 5.41) is 19.8. The molecular weight excluding hydrogens is 430 g/mol. The molecule has 1 aromatic heterocycles. The average Bonchev–Trinajstić information content (AvgIpc) is 3.15. The van der Waals surface area contributed by atoms with Crippen molar-refractivity contribution in [3.63, 3.8) is 0 Å². The number of non-ortho nitro benzene ring substituents is 1. The van der Waals surface area contributed by atoms with E-state index < -0.39 is 11.0 Å². The fourth-order valence-corrected chi connectivity index (χ4v) is 4.54. The number of nitrogens with zero attached hydrogens (tertiary/aromatic N) is 4. The Hall–Kier alpha value is -3.52. The molecule has 9 heteroatoms. The number of Topliss-reactive ketones (excluding diaryl/α,β-unsaturated/α-hetero) is 1. The number of nitrogens with one attached hydrogen (secondary N) is 1. The summed E-state index contributed by atoms with van der Waals surface area (Å²) in [5.74, 6) is 1.08. The Bertz CT molecular complexity index is 1280. The SMILES string of the molecule is CC1(C)CC(=O)C2=C(C1)Nc1nc(-c3ccc(Cl)cc3)nn1C2c1ccc([N+](=O)[O-])cc1. The van der Waals surface area contributed by atoms with Gasteiger partial charge in [-0.05, 0) is 53.8 Å². The van der Waals surface area contributed by atoms with Crippen LogP contribution in [-0.4, -0.2) is 25.5 Å². The summed E-state index contributed by atoms with van der Waals surface area (Å²) in [4.78, 5) is 28.6. The van der Waals surface area contributed by atoms with Gasteiger partial charge in [0.2, 0.25) is 5.95 Å². The molecule has 3 aromatic rings. The van der Waals surface area contributed by atoms with Crippen LogP contribution in [0.4, 0.5) is 11.6 Å². The van der Waals surface area contributed by atoms with Crippen LogP contribution >= 0.6 is 11.6 Å². The molecule has 5 rings (SSSR count). The first-order valence-electron chi connectivity index (χ1n) is 10.2. The molecule has 162 valence electrons. The molecule has 1 N–H and O–H groups in total. The molecule has 1 atom stereocenters. The Morgan fingerprint density at radius 1 is 1.12 bits per heavy atom. The molecule has 0 amide bonds. The summed E-state index contributed by atoms with van der Waals surface area (Å²) in [6.07, 6.45) is 1.12. The highest BCUT2D eigenvalue weighted by molar-refractivity contribution is 6.30. The second-order valence-electron chi connectivity index (χ2n) is 8.92. The third-order valence-electron chi connectivity index (χ3n) is 5.85. The predicted molar refractivity (Wildman–Crippen MR) is 120 cm³/mol. The fraction of sp³-hybridized carbons (Fsp3) is 0.261. The van der Waals surface area contributed by atoms with Crippen LogP contribution in [0, 0.1) is 15.5 Å². The highest BCUT2D eigenvalue weighted by Crippen LogP contribution is 2.45. The average molecular weight is 450 g/mol. The second-order valence-corrected chi connectivity index (χ2v) is 9.36. The van der Waals surface area contributed by atoms with E-state index in [-0.39, 0.29) is 16.9 Å². The standard InChI is InChI=1S/C23H20ClN5O3/c1-23(2)11-17-19(18(30)12-23)20(13-5-9-16(10-6-13)29(31)32)28-22(25-17)26-21(27-28)14-3-7-15(24)8-4-14/h3-10,20H,11-12H2,1-2H3,(H,25,26,27). The number of benzene rings is 2. The summed E-state index contributed by atoms with van der Waals surface area (Å²) in [6, 6.07) is 13.0. The lowest BCUT2D eigenvalue weighted by atomic mass is 9.73. The zero-order valence-electron chi connectivity index (χ0n) is 17.5. The molecule has 0 saturated carbocycles. The fourth-order valence-electron chi connectivity index (χ4n) is 4.42. The third kappa shape index (κ3) is 3.46. The lowest BCUT2D eigenvalue weighted by Gasteiger charge is -2.38. The van der Waals surface area contributed by atoms with Gasteiger partial charge < -0.3 is 5.32 Å². The Morgan fingerprint density at radius 2 is 1.81 bits per heavy atom. The van der Waals surface area contributed by atoms with E-state index in [1.54, 1.807) is 28.9 Å². The topological polar surface area (TPSA) is 103 Å². The minimum Gasteiger partial charge on any atom is -0.328 e. The van der Waals surface area contributed by atoms with Crippen molar-refractivity contribution >= 4 is 29.0 Å². The molecule has 0 fully saturated rings. The monoisotopic (exact) mass is 449 g/mol. The molecule has 2 aromatic carbocycles. The van der Waals surface area contributed by atoms with Gasteiger partial charge in [0.05, 0.1) is 4.92 Å². The number of hydrogen-bond acceptors (Lipinski definition) is 6. The summed E-state index contributed by atoms with van der Waals surface area (Å²) >= 11 is 6.01. The van der Waals surface area contributed by atoms with Crippen molar-refractivity contribution in [1.29, 1.82) is 0 Å². The van der Waals surface area contributed by atoms with Gasteiger partial charge in [0.1, 0.15) is 6.04 Å². The first-order chi connectivity index (χ1) is 15.2. The van der Waals surface area contributed by atoms with Crippen molar-refractivity contribution in [2.45, 2.75) is 32.7 Å². The molecule has 32 heavy (non-hydrogen) atoms. The number of rotatable bonds is 3. The number of allylic oxidation sites excluding steroid dienone is 2. The number of nitro groups is 1. The van der Waals surface area contributed by atoms with Gasteiger partial charge in [-0.1, -0.05) is 25.4 Å². The zero-order chi connectivity index (χ0) is 22.6. The molecule has 1 aliphatic heterocycles. The van der Waals surface area contributed by atoms with Crippen LogP contribution in [-0.2, 0) is 4.79 Å². The van der Waals surface area contributed by atoms with Crippen LogP contribution in [0.1, 0.15) is 38.3 Å². The summed E-state index contributed by atoms with van der Waals surface area (Å²) in [5.41, 5.74) is 2.82. The van der Waals surface area contributed by atoms with E-state index in [9.17, 15) is 14.9 Å². The van der Waals surface area contributed by atoms with Gasteiger partial charge in [-0.25, -0.2) is 4.68 Å². The second kappa shape index (κ2) is 7.27. The lowest BCUT2D eigenvalue weighted by molar-refractivity contribution is -0.384. The number of fused-ring (bicyclic) bond motifs is 1. The van der Waals surface area contributed by atoms with Gasteiger partial charge in [0.25, 0.3) is 5.69 Å². The minimum absolute atomic E-state index is 0.00587. The van der Waals surface area contributed by atoms with Crippen LogP contribution in [0.5, 0.6) is 0 Å². The molecule has 0 radical (unpaired) electrons. The van der Waals surface area contributed by atoms with Gasteiger partial charge in [-0.2, -0.15) is 4.98 Å². The number of carbonyl (C=O) groups excluding carboxylic acids is 1. The quantitative estimate of drug-likeness (QED) is 0.437. The molecule has 1 aliphatic carbocycles. The minimum atomic E-state index is -0.515. The van der Waals surface area contributed by atoms with E-state index in [0.717, 1.165) is 16.8 Å².